The Bertz CT molecular complexity index is 1170. The molecular formula is C22H16F5N3O2. The Kier molecular flexibility index (Phi) is 6.24. The summed E-state index contributed by atoms with van der Waals surface area (Å²) >= 11 is 0. The number of aryl methyl sites for hydroxylation is 2. The van der Waals surface area contributed by atoms with E-state index in [1.165, 1.54) is 18.2 Å². The number of benzene rings is 2. The molecular weight excluding hydrogens is 433 g/mol. The molecule has 1 heterocycles. The van der Waals surface area contributed by atoms with Crippen LogP contribution in [-0.4, -0.2) is 16.9 Å². The molecule has 0 aliphatic carbocycles. The first-order chi connectivity index (χ1) is 15.0. The second kappa shape index (κ2) is 8.74. The van der Waals surface area contributed by atoms with Crippen molar-refractivity contribution in [2.24, 2.45) is 0 Å². The Balaban J connectivity index is 1.81. The van der Waals surface area contributed by atoms with Gasteiger partial charge in [0.25, 0.3) is 5.91 Å². The minimum atomic E-state index is -4.50. The molecule has 0 bridgehead atoms. The second-order valence-corrected chi connectivity index (χ2v) is 6.87. The number of hydrogen-bond donors (Lipinski definition) is 2. The maximum absolute atomic E-state index is 13.7. The number of imide groups is 1. The van der Waals surface area contributed by atoms with E-state index in [9.17, 15) is 31.5 Å². The number of aromatic nitrogens is 1. The first-order valence-corrected chi connectivity index (χ1v) is 9.19. The van der Waals surface area contributed by atoms with Crippen molar-refractivity contribution in [2.45, 2.75) is 20.0 Å². The van der Waals surface area contributed by atoms with Gasteiger partial charge in [-0.05, 0) is 55.3 Å². The Hall–Kier alpha value is -3.82. The normalized spacial score (nSPS) is 11.2. The van der Waals surface area contributed by atoms with Crippen LogP contribution in [0.4, 0.5) is 32.6 Å². The molecule has 32 heavy (non-hydrogen) atoms. The van der Waals surface area contributed by atoms with Gasteiger partial charge in [-0.15, -0.1) is 0 Å². The number of nitrogens with one attached hydrogen (secondary N) is 2. The monoisotopic (exact) mass is 449 g/mol. The third-order valence-corrected chi connectivity index (χ3v) is 4.53. The number of urea groups is 1. The molecule has 0 atom stereocenters. The average Bonchev–Trinajstić information content (AvgIpc) is 2.66. The zero-order valence-electron chi connectivity index (χ0n) is 16.8. The fourth-order valence-corrected chi connectivity index (χ4v) is 3.21. The van der Waals surface area contributed by atoms with Gasteiger partial charge in [0.1, 0.15) is 23.0 Å². The van der Waals surface area contributed by atoms with Crippen molar-refractivity contribution >= 4 is 17.8 Å². The molecule has 2 N–H and O–H groups in total. The van der Waals surface area contributed by atoms with E-state index in [1.807, 2.05) is 0 Å². The van der Waals surface area contributed by atoms with Crippen LogP contribution in [0.5, 0.6) is 0 Å². The van der Waals surface area contributed by atoms with Crippen molar-refractivity contribution in [1.29, 1.82) is 0 Å². The van der Waals surface area contributed by atoms with Crippen molar-refractivity contribution in [2.75, 3.05) is 5.32 Å². The molecule has 0 radical (unpaired) electrons. The highest BCUT2D eigenvalue weighted by Crippen LogP contribution is 2.34. The number of pyridine rings is 1. The number of carbonyl (C=O) groups excluding carboxylic acids is 2. The quantitative estimate of drug-likeness (QED) is 0.510. The lowest BCUT2D eigenvalue weighted by molar-refractivity contribution is -0.137. The molecule has 0 unspecified atom stereocenters. The van der Waals surface area contributed by atoms with Gasteiger partial charge in [-0.25, -0.2) is 18.6 Å². The summed E-state index contributed by atoms with van der Waals surface area (Å²) in [5, 5.41) is 4.07. The van der Waals surface area contributed by atoms with Gasteiger partial charge in [0.05, 0.1) is 5.56 Å². The summed E-state index contributed by atoms with van der Waals surface area (Å²) < 4.78 is 66.4. The maximum Gasteiger partial charge on any atom is 0.416 e. The zero-order valence-corrected chi connectivity index (χ0v) is 16.8. The van der Waals surface area contributed by atoms with Crippen LogP contribution < -0.4 is 10.6 Å². The number of rotatable bonds is 3. The van der Waals surface area contributed by atoms with Gasteiger partial charge in [0.15, 0.2) is 0 Å². The summed E-state index contributed by atoms with van der Waals surface area (Å²) in [7, 11) is 0. The Labute approximate surface area is 179 Å². The largest absolute Gasteiger partial charge is 0.416 e. The van der Waals surface area contributed by atoms with Crippen LogP contribution in [-0.2, 0) is 6.18 Å². The van der Waals surface area contributed by atoms with E-state index in [4.69, 9.17) is 0 Å². The van der Waals surface area contributed by atoms with Crippen molar-refractivity contribution in [1.82, 2.24) is 10.3 Å². The summed E-state index contributed by atoms with van der Waals surface area (Å²) in [6.07, 6.45) is -4.50. The molecule has 0 aliphatic rings. The zero-order chi connectivity index (χ0) is 23.6. The summed E-state index contributed by atoms with van der Waals surface area (Å²) in [5.41, 5.74) is -0.142. The predicted molar refractivity (Wildman–Crippen MR) is 107 cm³/mol. The molecule has 3 rings (SSSR count). The van der Waals surface area contributed by atoms with Gasteiger partial charge < -0.3 is 0 Å². The highest BCUT2D eigenvalue weighted by Gasteiger charge is 2.30. The molecule has 0 saturated carbocycles. The van der Waals surface area contributed by atoms with E-state index in [-0.39, 0.29) is 5.82 Å². The van der Waals surface area contributed by atoms with Crippen molar-refractivity contribution in [3.05, 3.63) is 82.5 Å². The van der Waals surface area contributed by atoms with Crippen molar-refractivity contribution in [3.63, 3.8) is 0 Å². The molecule has 3 aromatic rings. The molecule has 166 valence electrons. The second-order valence-electron chi connectivity index (χ2n) is 6.87. The van der Waals surface area contributed by atoms with Crippen molar-refractivity contribution < 1.29 is 31.5 Å². The Morgan fingerprint density at radius 1 is 0.938 bits per heavy atom. The van der Waals surface area contributed by atoms with E-state index in [1.54, 1.807) is 19.2 Å². The first kappa shape index (κ1) is 22.9. The molecule has 1 aromatic heterocycles. The van der Waals surface area contributed by atoms with Gasteiger partial charge in [-0.3, -0.25) is 15.4 Å². The molecule has 0 aliphatic heterocycles. The lowest BCUT2D eigenvalue weighted by atomic mass is 9.97. The Morgan fingerprint density at radius 3 is 2.16 bits per heavy atom. The number of hydrogen-bond acceptors (Lipinski definition) is 3. The van der Waals surface area contributed by atoms with Gasteiger partial charge in [-0.2, -0.15) is 13.2 Å². The van der Waals surface area contributed by atoms with Crippen molar-refractivity contribution in [3.8, 4) is 11.1 Å². The maximum atomic E-state index is 13.7. The number of carbonyl (C=O) groups is 2. The smallest absolute Gasteiger partial charge is 0.292 e. The van der Waals surface area contributed by atoms with Crippen LogP contribution in [0.3, 0.4) is 0 Å². The molecule has 0 spiro atoms. The van der Waals surface area contributed by atoms with Crippen LogP contribution >= 0.6 is 0 Å². The van der Waals surface area contributed by atoms with E-state index >= 15 is 0 Å². The third kappa shape index (κ3) is 4.90. The molecule has 2 aromatic carbocycles. The number of nitrogens with zero attached hydrogens (tertiary/aromatic N) is 1. The minimum Gasteiger partial charge on any atom is -0.292 e. The van der Waals surface area contributed by atoms with Gasteiger partial charge in [-0.1, -0.05) is 18.2 Å². The van der Waals surface area contributed by atoms with E-state index in [2.05, 4.69) is 10.3 Å². The fourth-order valence-electron chi connectivity index (χ4n) is 3.21. The number of amides is 3. The Morgan fingerprint density at radius 2 is 1.56 bits per heavy atom. The molecule has 0 saturated heterocycles. The van der Waals surface area contributed by atoms with Crippen LogP contribution in [0.15, 0.2) is 48.5 Å². The lowest BCUT2D eigenvalue weighted by Crippen LogP contribution is -2.35. The van der Waals surface area contributed by atoms with Gasteiger partial charge in [0, 0.05) is 11.3 Å². The molecule has 5 nitrogen and oxygen atoms in total. The third-order valence-electron chi connectivity index (χ3n) is 4.53. The fraction of sp³-hybridized carbons (Fsp3) is 0.136. The van der Waals surface area contributed by atoms with Crippen LogP contribution in [0, 0.1) is 25.5 Å². The molecule has 10 heteroatoms. The summed E-state index contributed by atoms with van der Waals surface area (Å²) in [6, 6.07) is 7.87. The average molecular weight is 449 g/mol. The summed E-state index contributed by atoms with van der Waals surface area (Å²) in [6.45, 7) is 3.17. The summed E-state index contributed by atoms with van der Waals surface area (Å²) in [4.78, 5) is 28.3. The number of alkyl halides is 3. The van der Waals surface area contributed by atoms with Crippen LogP contribution in [0.2, 0.25) is 0 Å². The molecule has 0 fully saturated rings. The SMILES string of the molecule is Cc1cc(NC(=O)NC(=O)c2c(F)cccc2F)nc(C)c1-c1cccc(C(F)(F)F)c1. The topological polar surface area (TPSA) is 71.1 Å². The van der Waals surface area contributed by atoms with E-state index < -0.39 is 40.9 Å². The number of anilines is 1. The van der Waals surface area contributed by atoms with Gasteiger partial charge in [0.2, 0.25) is 0 Å². The highest BCUT2D eigenvalue weighted by atomic mass is 19.4. The van der Waals surface area contributed by atoms with E-state index in [0.717, 1.165) is 30.3 Å². The van der Waals surface area contributed by atoms with Crippen LogP contribution in [0.25, 0.3) is 11.1 Å². The molecule has 3 amide bonds. The minimum absolute atomic E-state index is 0.00460. The lowest BCUT2D eigenvalue weighted by Gasteiger charge is -2.14. The predicted octanol–water partition coefficient (Wildman–Crippen LogP) is 5.62. The van der Waals surface area contributed by atoms with E-state index in [0.29, 0.717) is 22.4 Å². The summed E-state index contributed by atoms with van der Waals surface area (Å²) in [5.74, 6) is -3.56. The standard InChI is InChI=1S/C22H16F5N3O2/c1-11-9-17(29-21(32)30-20(31)19-15(23)7-4-8-16(19)24)28-12(2)18(11)13-5-3-6-14(10-13)22(25,26)27/h3-10H,1-2H3,(H2,28,29,30,31,32). The first-order valence-electron chi connectivity index (χ1n) is 9.19. The van der Waals surface area contributed by atoms with Gasteiger partial charge >= 0.3 is 12.2 Å². The van der Waals surface area contributed by atoms with Crippen LogP contribution in [0.1, 0.15) is 27.2 Å². The highest BCUT2D eigenvalue weighted by molar-refractivity contribution is 6.08. The number of halogens is 5.